The van der Waals surface area contributed by atoms with Gasteiger partial charge in [0.2, 0.25) is 0 Å². The lowest BCUT2D eigenvalue weighted by Crippen LogP contribution is -2.19. The Bertz CT molecular complexity index is 658. The minimum atomic E-state index is 0.0339. The van der Waals surface area contributed by atoms with Gasteiger partial charge in [0.05, 0.1) is 22.6 Å². The van der Waals surface area contributed by atoms with Gasteiger partial charge in [-0.2, -0.15) is 5.10 Å². The molecule has 2 aromatic rings. The minimum absolute atomic E-state index is 0.0339. The fourth-order valence-electron chi connectivity index (χ4n) is 2.14. The molecule has 3 N–H and O–H groups in total. The molecule has 2 aromatic heterocycles. The second-order valence-electron chi connectivity index (χ2n) is 5.07. The van der Waals surface area contributed by atoms with Crippen LogP contribution in [0.3, 0.4) is 0 Å². The van der Waals surface area contributed by atoms with Crippen molar-refractivity contribution in [2.45, 2.75) is 33.6 Å². The zero-order valence-electron chi connectivity index (χ0n) is 12.1. The van der Waals surface area contributed by atoms with Crippen LogP contribution in [0, 0.1) is 13.8 Å². The second kappa shape index (κ2) is 5.32. The fraction of sp³-hybridized carbons (Fsp3) is 0.357. The number of oxime groups is 1. The maximum atomic E-state index is 8.95. The highest BCUT2D eigenvalue weighted by Crippen LogP contribution is 2.20. The summed E-state index contributed by atoms with van der Waals surface area (Å²) in [5, 5.41) is 16.6. The van der Waals surface area contributed by atoms with E-state index in [0.717, 1.165) is 17.1 Å². The van der Waals surface area contributed by atoms with Gasteiger partial charge in [0, 0.05) is 11.9 Å². The molecule has 0 fully saturated rings. The molecule has 6 nitrogen and oxygen atoms in total. The zero-order valence-corrected chi connectivity index (χ0v) is 12.1. The number of nitrogens with zero attached hydrogens (tertiary/aromatic N) is 4. The maximum absolute atomic E-state index is 8.95. The molecule has 2 rings (SSSR count). The summed E-state index contributed by atoms with van der Waals surface area (Å²) in [6.45, 7) is 7.90. The number of hydrogen-bond donors (Lipinski definition) is 2. The van der Waals surface area contributed by atoms with Gasteiger partial charge in [-0.15, -0.1) is 0 Å². The molecule has 0 spiro atoms. The van der Waals surface area contributed by atoms with Crippen LogP contribution in [0.2, 0.25) is 0 Å². The Morgan fingerprint density at radius 2 is 2.10 bits per heavy atom. The van der Waals surface area contributed by atoms with Gasteiger partial charge in [0.15, 0.2) is 5.84 Å². The number of rotatable bonds is 3. The van der Waals surface area contributed by atoms with Crippen LogP contribution in [0.15, 0.2) is 23.5 Å². The van der Waals surface area contributed by atoms with Crippen molar-refractivity contribution in [3.63, 3.8) is 0 Å². The predicted octanol–water partition coefficient (Wildman–Crippen LogP) is 2.10. The van der Waals surface area contributed by atoms with Crippen molar-refractivity contribution in [3.05, 3.63) is 41.0 Å². The van der Waals surface area contributed by atoms with E-state index < -0.39 is 0 Å². The first-order chi connectivity index (χ1) is 9.43. The van der Waals surface area contributed by atoms with Crippen LogP contribution in [-0.2, 0) is 0 Å². The first-order valence-electron chi connectivity index (χ1n) is 6.46. The summed E-state index contributed by atoms with van der Waals surface area (Å²) in [5.41, 5.74) is 9.67. The maximum Gasteiger partial charge on any atom is 0.174 e. The van der Waals surface area contributed by atoms with E-state index >= 15 is 0 Å². The summed E-state index contributed by atoms with van der Waals surface area (Å²) < 4.78 is 1.74. The van der Waals surface area contributed by atoms with E-state index in [1.54, 1.807) is 4.68 Å². The second-order valence-corrected chi connectivity index (χ2v) is 5.07. The Labute approximate surface area is 117 Å². The normalized spacial score (nSPS) is 12.2. The van der Waals surface area contributed by atoms with Crippen LogP contribution in [0.4, 0.5) is 0 Å². The quantitative estimate of drug-likeness (QED) is 0.388. The van der Waals surface area contributed by atoms with E-state index in [4.69, 9.17) is 10.9 Å². The van der Waals surface area contributed by atoms with Crippen molar-refractivity contribution < 1.29 is 5.21 Å². The van der Waals surface area contributed by atoms with E-state index in [9.17, 15) is 0 Å². The number of aromatic nitrogens is 3. The van der Waals surface area contributed by atoms with E-state index in [0.29, 0.717) is 17.2 Å². The number of hydrogen-bond acceptors (Lipinski definition) is 4. The van der Waals surface area contributed by atoms with Crippen molar-refractivity contribution in [1.82, 2.24) is 14.8 Å². The smallest absolute Gasteiger partial charge is 0.174 e. The van der Waals surface area contributed by atoms with E-state index in [1.165, 1.54) is 0 Å². The van der Waals surface area contributed by atoms with Gasteiger partial charge in [-0.3, -0.25) is 4.98 Å². The Morgan fingerprint density at radius 1 is 1.40 bits per heavy atom. The molecule has 6 heteroatoms. The molecule has 0 aliphatic carbocycles. The van der Waals surface area contributed by atoms with Crippen molar-refractivity contribution in [3.8, 4) is 5.69 Å². The molecule has 0 saturated heterocycles. The first-order valence-corrected chi connectivity index (χ1v) is 6.46. The van der Waals surface area contributed by atoms with Crippen LogP contribution in [-0.4, -0.2) is 25.8 Å². The van der Waals surface area contributed by atoms with E-state index in [-0.39, 0.29) is 5.84 Å². The molecule has 0 aliphatic rings. The highest BCUT2D eigenvalue weighted by molar-refractivity contribution is 6.01. The van der Waals surface area contributed by atoms with E-state index in [2.05, 4.69) is 29.1 Å². The number of pyridine rings is 1. The number of amidine groups is 1. The average molecular weight is 273 g/mol. The Balaban J connectivity index is 2.65. The molecule has 0 aromatic carbocycles. The molecule has 2 heterocycles. The summed E-state index contributed by atoms with van der Waals surface area (Å²) in [7, 11) is 0. The zero-order chi connectivity index (χ0) is 14.9. The van der Waals surface area contributed by atoms with Gasteiger partial charge in [0.1, 0.15) is 0 Å². The van der Waals surface area contributed by atoms with Gasteiger partial charge >= 0.3 is 0 Å². The molecule has 0 unspecified atom stereocenters. The van der Waals surface area contributed by atoms with Gasteiger partial charge < -0.3 is 10.9 Å². The first kappa shape index (κ1) is 14.0. The lowest BCUT2D eigenvalue weighted by atomic mass is 10.1. The van der Waals surface area contributed by atoms with Crippen LogP contribution >= 0.6 is 0 Å². The molecule has 20 heavy (non-hydrogen) atoms. The van der Waals surface area contributed by atoms with Crippen molar-refractivity contribution in [1.29, 1.82) is 0 Å². The van der Waals surface area contributed by atoms with Gasteiger partial charge in [-0.1, -0.05) is 19.0 Å². The van der Waals surface area contributed by atoms with Gasteiger partial charge in [0.25, 0.3) is 0 Å². The molecule has 0 aliphatic heterocycles. The molecule has 0 atom stereocenters. The summed E-state index contributed by atoms with van der Waals surface area (Å²) in [4.78, 5) is 4.36. The lowest BCUT2D eigenvalue weighted by Gasteiger charge is -2.12. The predicted molar refractivity (Wildman–Crippen MR) is 77.4 cm³/mol. The number of aryl methyl sites for hydroxylation is 2. The van der Waals surface area contributed by atoms with Crippen LogP contribution in [0.5, 0.6) is 0 Å². The third-order valence-electron chi connectivity index (χ3n) is 3.12. The Kier molecular flexibility index (Phi) is 3.74. The van der Waals surface area contributed by atoms with Crippen molar-refractivity contribution in [2.24, 2.45) is 10.9 Å². The molecule has 0 amide bonds. The Morgan fingerprint density at radius 3 is 2.65 bits per heavy atom. The molecular weight excluding hydrogens is 254 g/mol. The highest BCUT2D eigenvalue weighted by Gasteiger charge is 2.16. The van der Waals surface area contributed by atoms with Crippen molar-refractivity contribution in [2.75, 3.05) is 0 Å². The molecular formula is C14H19N5O. The molecule has 106 valence electrons. The fourth-order valence-corrected chi connectivity index (χ4v) is 2.14. The van der Waals surface area contributed by atoms with Gasteiger partial charge in [-0.05, 0) is 31.9 Å². The molecule has 0 radical (unpaired) electrons. The highest BCUT2D eigenvalue weighted by atomic mass is 16.4. The molecule has 0 saturated carbocycles. The SMILES string of the molecule is Cc1cc(-n2ccc(C(C)C)n2)c(/C(N)=N/O)c(C)n1. The summed E-state index contributed by atoms with van der Waals surface area (Å²) in [6, 6.07) is 3.84. The lowest BCUT2D eigenvalue weighted by molar-refractivity contribution is 0.318. The third-order valence-corrected chi connectivity index (χ3v) is 3.12. The van der Waals surface area contributed by atoms with Crippen LogP contribution < -0.4 is 5.73 Å². The topological polar surface area (TPSA) is 89.3 Å². The third kappa shape index (κ3) is 2.49. The van der Waals surface area contributed by atoms with Crippen LogP contribution in [0.25, 0.3) is 5.69 Å². The van der Waals surface area contributed by atoms with E-state index in [1.807, 2.05) is 32.2 Å². The Hall–Kier alpha value is -2.37. The minimum Gasteiger partial charge on any atom is -0.409 e. The van der Waals surface area contributed by atoms with Crippen LogP contribution in [0.1, 0.15) is 42.4 Å². The standard InChI is InChI=1S/C14H19N5O/c1-8(2)11-5-6-19(17-11)12-7-9(3)16-10(4)13(12)14(15)18-20/h5-8,20H,1-4H3,(H2,15,18). The monoisotopic (exact) mass is 273 g/mol. The molecule has 0 bridgehead atoms. The summed E-state index contributed by atoms with van der Waals surface area (Å²) in [5.74, 6) is 0.374. The van der Waals surface area contributed by atoms with Gasteiger partial charge in [-0.25, -0.2) is 4.68 Å². The largest absolute Gasteiger partial charge is 0.409 e. The summed E-state index contributed by atoms with van der Waals surface area (Å²) >= 11 is 0. The number of nitrogens with two attached hydrogens (primary N) is 1. The average Bonchev–Trinajstić information content (AvgIpc) is 2.86. The van der Waals surface area contributed by atoms with Crippen molar-refractivity contribution >= 4 is 5.84 Å². The summed E-state index contributed by atoms with van der Waals surface area (Å²) in [6.07, 6.45) is 1.87.